The van der Waals surface area contributed by atoms with Gasteiger partial charge in [0.1, 0.15) is 0 Å². The van der Waals surface area contributed by atoms with E-state index in [1.807, 2.05) is 16.3 Å². The Hall–Kier alpha value is -2.87. The van der Waals surface area contributed by atoms with Crippen LogP contribution in [0.25, 0.3) is 10.9 Å². The van der Waals surface area contributed by atoms with Crippen molar-refractivity contribution in [1.29, 1.82) is 0 Å². The number of fused-ring (bicyclic) bond motifs is 1. The molecular weight excluding hydrogens is 402 g/mol. The van der Waals surface area contributed by atoms with E-state index in [0.29, 0.717) is 54.4 Å². The van der Waals surface area contributed by atoms with Crippen LogP contribution >= 0.6 is 11.3 Å². The Morgan fingerprint density at radius 2 is 2.03 bits per heavy atom. The Morgan fingerprint density at radius 1 is 1.27 bits per heavy atom. The van der Waals surface area contributed by atoms with Gasteiger partial charge in [0.05, 0.1) is 38.0 Å². The Morgan fingerprint density at radius 3 is 2.70 bits per heavy atom. The molecule has 3 aromatic rings. The van der Waals surface area contributed by atoms with Crippen LogP contribution in [0, 0.1) is 0 Å². The lowest BCUT2D eigenvalue weighted by atomic mass is 10.2. The molecular formula is C22H25N3O4S. The molecule has 2 heterocycles. The molecule has 158 valence electrons. The summed E-state index contributed by atoms with van der Waals surface area (Å²) < 4.78 is 12.1. The number of hydrogen-bond acceptors (Lipinski definition) is 6. The Labute approximate surface area is 178 Å². The quantitative estimate of drug-likeness (QED) is 0.523. The van der Waals surface area contributed by atoms with Crippen molar-refractivity contribution in [2.45, 2.75) is 44.8 Å². The van der Waals surface area contributed by atoms with Crippen LogP contribution in [0.15, 0.2) is 40.8 Å². The number of rotatable bonds is 9. The lowest BCUT2D eigenvalue weighted by Gasteiger charge is -2.22. The Kier molecular flexibility index (Phi) is 6.03. The van der Waals surface area contributed by atoms with Crippen LogP contribution in [0.3, 0.4) is 0 Å². The molecule has 1 amide bonds. The summed E-state index contributed by atoms with van der Waals surface area (Å²) in [6, 6.07) is 7.80. The lowest BCUT2D eigenvalue weighted by Crippen LogP contribution is -2.32. The van der Waals surface area contributed by atoms with E-state index in [1.54, 1.807) is 35.1 Å². The third-order valence-corrected chi connectivity index (χ3v) is 6.19. The van der Waals surface area contributed by atoms with Gasteiger partial charge < -0.3 is 14.4 Å². The maximum absolute atomic E-state index is 12.9. The van der Waals surface area contributed by atoms with Gasteiger partial charge in [0.25, 0.3) is 5.56 Å². The molecule has 0 saturated heterocycles. The van der Waals surface area contributed by atoms with Crippen LogP contribution in [-0.2, 0) is 17.9 Å². The van der Waals surface area contributed by atoms with E-state index < -0.39 is 0 Å². The van der Waals surface area contributed by atoms with Crippen molar-refractivity contribution in [1.82, 2.24) is 14.5 Å². The highest BCUT2D eigenvalue weighted by molar-refractivity contribution is 7.09. The van der Waals surface area contributed by atoms with Crippen LogP contribution in [-0.4, -0.2) is 40.6 Å². The summed E-state index contributed by atoms with van der Waals surface area (Å²) in [4.78, 5) is 33.2. The molecule has 8 heteroatoms. The first-order chi connectivity index (χ1) is 14.6. The van der Waals surface area contributed by atoms with Crippen LogP contribution in [0.5, 0.6) is 11.5 Å². The van der Waals surface area contributed by atoms with Gasteiger partial charge in [-0.1, -0.05) is 6.07 Å². The van der Waals surface area contributed by atoms with Gasteiger partial charge in [0.15, 0.2) is 11.5 Å². The predicted molar refractivity (Wildman–Crippen MR) is 116 cm³/mol. The average Bonchev–Trinajstić information content (AvgIpc) is 3.47. The number of hydrogen-bond donors (Lipinski definition) is 0. The molecule has 1 aliphatic rings. The number of methoxy groups -OCH3 is 2. The highest BCUT2D eigenvalue weighted by Gasteiger charge is 2.32. The highest BCUT2D eigenvalue weighted by Crippen LogP contribution is 2.31. The maximum Gasteiger partial charge on any atom is 0.261 e. The van der Waals surface area contributed by atoms with Gasteiger partial charge in [-0.05, 0) is 36.8 Å². The molecule has 0 atom stereocenters. The second kappa shape index (κ2) is 8.87. The van der Waals surface area contributed by atoms with E-state index in [1.165, 1.54) is 18.3 Å². The van der Waals surface area contributed by atoms with Crippen molar-refractivity contribution >= 4 is 28.1 Å². The number of carbonyl (C=O) groups is 1. The molecule has 0 aliphatic heterocycles. The van der Waals surface area contributed by atoms with E-state index >= 15 is 0 Å². The smallest absolute Gasteiger partial charge is 0.261 e. The minimum atomic E-state index is -0.147. The highest BCUT2D eigenvalue weighted by atomic mass is 32.1. The van der Waals surface area contributed by atoms with Crippen molar-refractivity contribution in [2.24, 2.45) is 0 Å². The minimum Gasteiger partial charge on any atom is -0.493 e. The number of aryl methyl sites for hydroxylation is 1. The van der Waals surface area contributed by atoms with Crippen molar-refractivity contribution in [3.63, 3.8) is 0 Å². The second-order valence-electron chi connectivity index (χ2n) is 7.40. The zero-order valence-corrected chi connectivity index (χ0v) is 18.0. The molecule has 1 fully saturated rings. The molecule has 1 aliphatic carbocycles. The summed E-state index contributed by atoms with van der Waals surface area (Å²) in [5, 5.41) is 2.51. The molecule has 7 nitrogen and oxygen atoms in total. The fourth-order valence-corrected chi connectivity index (χ4v) is 4.27. The molecule has 0 spiro atoms. The third-order valence-electron chi connectivity index (χ3n) is 5.33. The van der Waals surface area contributed by atoms with Crippen molar-refractivity contribution < 1.29 is 14.3 Å². The van der Waals surface area contributed by atoms with Crippen LogP contribution in [0.1, 0.15) is 30.6 Å². The number of nitrogens with zero attached hydrogens (tertiary/aromatic N) is 3. The van der Waals surface area contributed by atoms with Crippen LogP contribution in [0.4, 0.5) is 0 Å². The second-order valence-corrected chi connectivity index (χ2v) is 8.44. The van der Waals surface area contributed by atoms with Crippen molar-refractivity contribution in [2.75, 3.05) is 14.2 Å². The number of thiophene rings is 1. The van der Waals surface area contributed by atoms with E-state index in [4.69, 9.17) is 9.47 Å². The number of amides is 1. The van der Waals surface area contributed by atoms with E-state index in [0.717, 1.165) is 12.8 Å². The summed E-state index contributed by atoms with van der Waals surface area (Å²) in [6.45, 7) is 1.12. The Bertz CT molecular complexity index is 1090. The fourth-order valence-electron chi connectivity index (χ4n) is 3.57. The van der Waals surface area contributed by atoms with Gasteiger partial charge in [-0.25, -0.2) is 4.98 Å². The van der Waals surface area contributed by atoms with Gasteiger partial charge in [0.2, 0.25) is 5.91 Å². The number of benzene rings is 1. The predicted octanol–water partition coefficient (Wildman–Crippen LogP) is 3.45. The monoisotopic (exact) mass is 427 g/mol. The van der Waals surface area contributed by atoms with E-state index in [-0.39, 0.29) is 11.5 Å². The normalized spacial score (nSPS) is 13.4. The summed E-state index contributed by atoms with van der Waals surface area (Å²) in [5.41, 5.74) is 0.409. The first-order valence-electron chi connectivity index (χ1n) is 10.0. The van der Waals surface area contributed by atoms with E-state index in [2.05, 4.69) is 11.1 Å². The first kappa shape index (κ1) is 20.4. The summed E-state index contributed by atoms with van der Waals surface area (Å²) in [5.74, 6) is 1.18. The number of carbonyl (C=O) groups excluding carboxylic acids is 1. The minimum absolute atomic E-state index is 0.147. The first-order valence-corrected chi connectivity index (χ1v) is 10.9. The van der Waals surface area contributed by atoms with E-state index in [9.17, 15) is 9.59 Å². The number of ether oxygens (including phenoxy) is 2. The Balaban J connectivity index is 1.43. The molecule has 4 rings (SSSR count). The average molecular weight is 428 g/mol. The molecule has 0 unspecified atom stereocenters. The standard InChI is InChI=1S/C22H25N3O4S/c1-28-19-11-17-18(12-20(19)29-2)23-14-24(22(17)27)9-3-6-21(26)25(15-7-8-15)13-16-5-4-10-30-16/h4-5,10-12,14-15H,3,6-9,13H2,1-2H3. The van der Waals surface area contributed by atoms with Crippen LogP contribution < -0.4 is 15.0 Å². The van der Waals surface area contributed by atoms with Gasteiger partial charge in [0, 0.05) is 30.0 Å². The zero-order chi connectivity index (χ0) is 21.1. The lowest BCUT2D eigenvalue weighted by molar-refractivity contribution is -0.132. The molecule has 0 radical (unpaired) electrons. The maximum atomic E-state index is 12.9. The zero-order valence-electron chi connectivity index (χ0n) is 17.2. The third kappa shape index (κ3) is 4.33. The molecule has 30 heavy (non-hydrogen) atoms. The van der Waals surface area contributed by atoms with Crippen LogP contribution in [0.2, 0.25) is 0 Å². The molecule has 0 N–H and O–H groups in total. The summed E-state index contributed by atoms with van der Waals surface area (Å²) in [7, 11) is 3.08. The van der Waals surface area contributed by atoms with Crippen molar-refractivity contribution in [3.05, 3.63) is 51.2 Å². The summed E-state index contributed by atoms with van der Waals surface area (Å²) in [6.07, 6.45) is 4.70. The fraction of sp³-hybridized carbons (Fsp3) is 0.409. The van der Waals surface area contributed by atoms with Gasteiger partial charge >= 0.3 is 0 Å². The van der Waals surface area contributed by atoms with Gasteiger partial charge in [-0.15, -0.1) is 11.3 Å². The SMILES string of the molecule is COc1cc2ncn(CCCC(=O)N(Cc3cccs3)C3CC3)c(=O)c2cc1OC. The summed E-state index contributed by atoms with van der Waals surface area (Å²) >= 11 is 1.68. The largest absolute Gasteiger partial charge is 0.493 e. The topological polar surface area (TPSA) is 73.7 Å². The molecule has 1 saturated carbocycles. The molecule has 1 aromatic carbocycles. The number of aromatic nitrogens is 2. The molecule has 0 bridgehead atoms. The van der Waals surface area contributed by atoms with Crippen molar-refractivity contribution in [3.8, 4) is 11.5 Å². The van der Waals surface area contributed by atoms with Gasteiger partial charge in [-0.3, -0.25) is 14.2 Å². The van der Waals surface area contributed by atoms with Gasteiger partial charge in [-0.2, -0.15) is 0 Å². The molecule has 2 aromatic heterocycles.